The molecule has 2 nitrogen and oxygen atoms in total. The van der Waals surface area contributed by atoms with Gasteiger partial charge in [-0.1, -0.05) is 32.0 Å². The molecular formula is C14H19NO. The van der Waals surface area contributed by atoms with Crippen molar-refractivity contribution >= 4 is 5.91 Å². The largest absolute Gasteiger partial charge is 0.338 e. The Hall–Kier alpha value is -1.31. The summed E-state index contributed by atoms with van der Waals surface area (Å²) >= 11 is 0. The van der Waals surface area contributed by atoms with Crippen LogP contribution in [0.2, 0.25) is 0 Å². The number of benzene rings is 1. The van der Waals surface area contributed by atoms with Gasteiger partial charge in [0.1, 0.15) is 0 Å². The standard InChI is InChI=1S/C14H19NO/c1-10(2)13-6-4-5-12-9-15(11(3)16)8-7-14(12)13/h4-6,10H,7-9H2,1-3H3. The van der Waals surface area contributed by atoms with Gasteiger partial charge in [-0.2, -0.15) is 0 Å². The molecule has 0 aliphatic carbocycles. The summed E-state index contributed by atoms with van der Waals surface area (Å²) in [5.41, 5.74) is 4.24. The molecule has 2 heteroatoms. The smallest absolute Gasteiger partial charge is 0.219 e. The van der Waals surface area contributed by atoms with Crippen molar-refractivity contribution < 1.29 is 4.79 Å². The highest BCUT2D eigenvalue weighted by molar-refractivity contribution is 5.73. The Labute approximate surface area is 97.3 Å². The van der Waals surface area contributed by atoms with Crippen molar-refractivity contribution in [2.75, 3.05) is 6.54 Å². The highest BCUT2D eigenvalue weighted by Gasteiger charge is 2.20. The van der Waals surface area contributed by atoms with Gasteiger partial charge in [0.25, 0.3) is 0 Å². The number of amides is 1. The predicted octanol–water partition coefficient (Wildman–Crippen LogP) is 2.71. The molecule has 0 saturated heterocycles. The molecule has 0 fully saturated rings. The van der Waals surface area contributed by atoms with Gasteiger partial charge in [0, 0.05) is 20.0 Å². The summed E-state index contributed by atoms with van der Waals surface area (Å²) in [7, 11) is 0. The Morgan fingerprint density at radius 1 is 1.38 bits per heavy atom. The minimum Gasteiger partial charge on any atom is -0.338 e. The first-order chi connectivity index (χ1) is 7.59. The number of nitrogens with zero attached hydrogens (tertiary/aromatic N) is 1. The van der Waals surface area contributed by atoms with Crippen LogP contribution in [0.3, 0.4) is 0 Å². The van der Waals surface area contributed by atoms with E-state index in [2.05, 4.69) is 32.0 Å². The van der Waals surface area contributed by atoms with Gasteiger partial charge in [0.2, 0.25) is 5.91 Å². The summed E-state index contributed by atoms with van der Waals surface area (Å²) in [6, 6.07) is 6.47. The van der Waals surface area contributed by atoms with Crippen LogP contribution in [0, 0.1) is 0 Å². The maximum atomic E-state index is 11.4. The Morgan fingerprint density at radius 3 is 2.75 bits per heavy atom. The summed E-state index contributed by atoms with van der Waals surface area (Å²) in [6.07, 6.45) is 1.00. The molecule has 0 atom stereocenters. The predicted molar refractivity (Wildman–Crippen MR) is 65.3 cm³/mol. The van der Waals surface area contributed by atoms with Crippen LogP contribution in [-0.2, 0) is 17.8 Å². The van der Waals surface area contributed by atoms with E-state index in [1.54, 1.807) is 6.92 Å². The third kappa shape index (κ3) is 1.97. The number of fused-ring (bicyclic) bond motifs is 1. The van der Waals surface area contributed by atoms with Gasteiger partial charge in [-0.25, -0.2) is 0 Å². The van der Waals surface area contributed by atoms with Gasteiger partial charge >= 0.3 is 0 Å². The van der Waals surface area contributed by atoms with Gasteiger partial charge in [-0.3, -0.25) is 4.79 Å². The molecule has 16 heavy (non-hydrogen) atoms. The molecule has 1 aromatic rings. The van der Waals surface area contributed by atoms with Crippen molar-refractivity contribution in [3.05, 3.63) is 34.9 Å². The maximum absolute atomic E-state index is 11.4. The number of hydrogen-bond donors (Lipinski definition) is 0. The van der Waals surface area contributed by atoms with Crippen LogP contribution in [-0.4, -0.2) is 17.4 Å². The second-order valence-corrected chi connectivity index (χ2v) is 4.83. The van der Waals surface area contributed by atoms with Gasteiger partial charge in [0.05, 0.1) is 0 Å². The Bertz CT molecular complexity index is 409. The lowest BCUT2D eigenvalue weighted by Crippen LogP contribution is -2.34. The van der Waals surface area contributed by atoms with E-state index in [1.165, 1.54) is 16.7 Å². The SMILES string of the molecule is CC(=O)N1CCc2c(cccc2C(C)C)C1. The quantitative estimate of drug-likeness (QED) is 0.708. The molecule has 1 amide bonds. The highest BCUT2D eigenvalue weighted by atomic mass is 16.2. The number of hydrogen-bond acceptors (Lipinski definition) is 1. The second kappa shape index (κ2) is 4.28. The lowest BCUT2D eigenvalue weighted by atomic mass is 9.89. The molecule has 86 valence electrons. The minimum atomic E-state index is 0.181. The fourth-order valence-corrected chi connectivity index (χ4v) is 2.45. The third-order valence-electron chi connectivity index (χ3n) is 3.37. The molecule has 1 aliphatic heterocycles. The van der Waals surface area contributed by atoms with E-state index in [0.29, 0.717) is 5.92 Å². The molecule has 0 aromatic heterocycles. The average Bonchev–Trinajstić information content (AvgIpc) is 2.27. The zero-order valence-corrected chi connectivity index (χ0v) is 10.3. The molecule has 0 saturated carbocycles. The first-order valence-electron chi connectivity index (χ1n) is 5.95. The first kappa shape index (κ1) is 11.2. The van der Waals surface area contributed by atoms with Crippen molar-refractivity contribution in [3.63, 3.8) is 0 Å². The summed E-state index contributed by atoms with van der Waals surface area (Å²) in [5, 5.41) is 0. The van der Waals surface area contributed by atoms with Crippen molar-refractivity contribution in [2.24, 2.45) is 0 Å². The topological polar surface area (TPSA) is 20.3 Å². The van der Waals surface area contributed by atoms with Crippen LogP contribution >= 0.6 is 0 Å². The molecule has 1 aliphatic rings. The van der Waals surface area contributed by atoms with Crippen molar-refractivity contribution in [2.45, 2.75) is 39.7 Å². The minimum absolute atomic E-state index is 0.181. The lowest BCUT2D eigenvalue weighted by molar-refractivity contribution is -0.129. The summed E-state index contributed by atoms with van der Waals surface area (Å²) in [6.45, 7) is 7.76. The molecule has 0 spiro atoms. The van der Waals surface area contributed by atoms with Crippen LogP contribution in [0.5, 0.6) is 0 Å². The molecular weight excluding hydrogens is 198 g/mol. The summed E-state index contributed by atoms with van der Waals surface area (Å²) < 4.78 is 0. The molecule has 0 bridgehead atoms. The molecule has 0 N–H and O–H groups in total. The van der Waals surface area contributed by atoms with E-state index in [1.807, 2.05) is 4.90 Å². The molecule has 1 aromatic carbocycles. The number of carbonyl (C=O) groups is 1. The van der Waals surface area contributed by atoms with Crippen LogP contribution in [0.1, 0.15) is 43.4 Å². The molecule has 0 unspecified atom stereocenters. The van der Waals surface area contributed by atoms with Crippen molar-refractivity contribution in [1.29, 1.82) is 0 Å². The third-order valence-corrected chi connectivity index (χ3v) is 3.37. The Kier molecular flexibility index (Phi) is 2.99. The highest BCUT2D eigenvalue weighted by Crippen LogP contribution is 2.27. The van der Waals surface area contributed by atoms with Crippen molar-refractivity contribution in [1.82, 2.24) is 4.90 Å². The van der Waals surface area contributed by atoms with Gasteiger partial charge in [-0.15, -0.1) is 0 Å². The maximum Gasteiger partial charge on any atom is 0.219 e. The van der Waals surface area contributed by atoms with Gasteiger partial charge in [-0.05, 0) is 29.0 Å². The van der Waals surface area contributed by atoms with Gasteiger partial charge < -0.3 is 4.90 Å². The van der Waals surface area contributed by atoms with E-state index in [-0.39, 0.29) is 5.91 Å². The van der Waals surface area contributed by atoms with E-state index >= 15 is 0 Å². The number of carbonyl (C=O) groups excluding carboxylic acids is 1. The van der Waals surface area contributed by atoms with Crippen LogP contribution < -0.4 is 0 Å². The van der Waals surface area contributed by atoms with Crippen LogP contribution in [0.4, 0.5) is 0 Å². The van der Waals surface area contributed by atoms with E-state index in [0.717, 1.165) is 19.5 Å². The lowest BCUT2D eigenvalue weighted by Gasteiger charge is -2.30. The molecule has 1 heterocycles. The average molecular weight is 217 g/mol. The fourth-order valence-electron chi connectivity index (χ4n) is 2.45. The Balaban J connectivity index is 2.34. The molecule has 2 rings (SSSR count). The summed E-state index contributed by atoms with van der Waals surface area (Å²) in [5.74, 6) is 0.749. The van der Waals surface area contributed by atoms with Crippen LogP contribution in [0.15, 0.2) is 18.2 Å². The first-order valence-corrected chi connectivity index (χ1v) is 5.95. The van der Waals surface area contributed by atoms with E-state index in [9.17, 15) is 4.79 Å². The normalized spacial score (nSPS) is 15.1. The monoisotopic (exact) mass is 217 g/mol. The van der Waals surface area contributed by atoms with Crippen molar-refractivity contribution in [3.8, 4) is 0 Å². The molecule has 0 radical (unpaired) electrons. The Morgan fingerprint density at radius 2 is 2.12 bits per heavy atom. The zero-order valence-electron chi connectivity index (χ0n) is 10.3. The second-order valence-electron chi connectivity index (χ2n) is 4.83. The van der Waals surface area contributed by atoms with E-state index in [4.69, 9.17) is 0 Å². The van der Waals surface area contributed by atoms with Crippen LogP contribution in [0.25, 0.3) is 0 Å². The fraction of sp³-hybridized carbons (Fsp3) is 0.500. The number of rotatable bonds is 1. The van der Waals surface area contributed by atoms with E-state index < -0.39 is 0 Å². The summed E-state index contributed by atoms with van der Waals surface area (Å²) in [4.78, 5) is 13.3. The zero-order chi connectivity index (χ0) is 11.7. The van der Waals surface area contributed by atoms with Gasteiger partial charge in [0.15, 0.2) is 0 Å².